The molecule has 2 aromatic rings. The highest BCUT2D eigenvalue weighted by atomic mass is 19.3. The first-order chi connectivity index (χ1) is 18.7. The molecule has 0 N–H and O–H groups in total. The molecule has 2 atom stereocenters. The zero-order chi connectivity index (χ0) is 27.3. The monoisotopic (exact) mass is 542 g/mol. The second-order valence-corrected chi connectivity index (χ2v) is 11.2. The third kappa shape index (κ3) is 4.64. The average molecular weight is 543 g/mol. The molecule has 2 unspecified atom stereocenters. The van der Waals surface area contributed by atoms with E-state index in [1.54, 1.807) is 24.9 Å². The number of amides is 1. The number of allylic oxidation sites excluding steroid dienone is 1. The third-order valence-electron chi connectivity index (χ3n) is 8.82. The normalized spacial score (nSPS) is 25.7. The topological polar surface area (TPSA) is 77.7 Å². The van der Waals surface area contributed by atoms with Crippen molar-refractivity contribution < 1.29 is 23.0 Å². The number of ether oxygens (including phenoxy) is 2. The van der Waals surface area contributed by atoms with E-state index in [4.69, 9.17) is 14.6 Å². The van der Waals surface area contributed by atoms with E-state index in [-0.39, 0.29) is 23.6 Å². The quantitative estimate of drug-likeness (QED) is 0.567. The predicted molar refractivity (Wildman–Crippen MR) is 141 cm³/mol. The highest BCUT2D eigenvalue weighted by molar-refractivity contribution is 5.79. The summed E-state index contributed by atoms with van der Waals surface area (Å²) in [5.41, 5.74) is 3.01. The summed E-state index contributed by atoms with van der Waals surface area (Å²) in [7, 11) is 1.80. The van der Waals surface area contributed by atoms with Gasteiger partial charge in [0.2, 0.25) is 5.91 Å². The number of piperidine rings is 1. The summed E-state index contributed by atoms with van der Waals surface area (Å²) in [6, 6.07) is 0.246. The number of hydrogen-bond donors (Lipinski definition) is 0. The van der Waals surface area contributed by atoms with Crippen LogP contribution in [0.2, 0.25) is 0 Å². The van der Waals surface area contributed by atoms with Gasteiger partial charge in [-0.25, -0.2) is 0 Å². The number of alkyl halides is 2. The summed E-state index contributed by atoms with van der Waals surface area (Å²) in [5.74, 6) is 1.11. The number of aromatic nitrogens is 4. The first-order valence-corrected chi connectivity index (χ1v) is 13.8. The van der Waals surface area contributed by atoms with Gasteiger partial charge in [0.1, 0.15) is 5.76 Å². The summed E-state index contributed by atoms with van der Waals surface area (Å²) >= 11 is 0. The highest BCUT2D eigenvalue weighted by Gasteiger charge is 2.46. The number of halogens is 2. The maximum absolute atomic E-state index is 13.6. The van der Waals surface area contributed by atoms with Gasteiger partial charge < -0.3 is 19.3 Å². The molecule has 0 aromatic carbocycles. The lowest BCUT2D eigenvalue weighted by molar-refractivity contribution is -0.129. The minimum Gasteiger partial charge on any atom is -0.434 e. The van der Waals surface area contributed by atoms with Crippen molar-refractivity contribution in [2.75, 3.05) is 31.2 Å². The SMILES string of the molecule is CC(=O)N1CCc2c(c(N3CCCC4C=C(c5cnn(C)c5)C(OC(F)F)=CC43C)nn2C2CCOCC2)C1. The molecule has 3 aliphatic heterocycles. The zero-order valence-electron chi connectivity index (χ0n) is 22.8. The van der Waals surface area contributed by atoms with Crippen molar-refractivity contribution in [2.24, 2.45) is 13.0 Å². The van der Waals surface area contributed by atoms with Crippen LogP contribution in [0, 0.1) is 5.92 Å². The van der Waals surface area contributed by atoms with Crippen molar-refractivity contribution in [3.05, 3.63) is 47.1 Å². The number of nitrogens with zero attached hydrogens (tertiary/aromatic N) is 6. The van der Waals surface area contributed by atoms with Gasteiger partial charge in [-0.3, -0.25) is 14.2 Å². The van der Waals surface area contributed by atoms with Crippen LogP contribution in [0.1, 0.15) is 62.4 Å². The molecule has 1 amide bonds. The molecule has 0 radical (unpaired) electrons. The lowest BCUT2D eigenvalue weighted by Gasteiger charge is -2.50. The van der Waals surface area contributed by atoms with Crippen LogP contribution < -0.4 is 4.90 Å². The maximum Gasteiger partial charge on any atom is 0.387 e. The maximum atomic E-state index is 13.6. The molecule has 0 saturated carbocycles. The van der Waals surface area contributed by atoms with Crippen LogP contribution >= 0.6 is 0 Å². The number of carbonyl (C=O) groups excluding carboxylic acids is 1. The summed E-state index contributed by atoms with van der Waals surface area (Å²) in [5, 5.41) is 9.48. The Labute approximate surface area is 227 Å². The van der Waals surface area contributed by atoms with Crippen LogP contribution in [0.25, 0.3) is 5.57 Å². The molecule has 9 nitrogen and oxygen atoms in total. The van der Waals surface area contributed by atoms with Gasteiger partial charge in [0.15, 0.2) is 5.82 Å². The molecule has 11 heteroatoms. The summed E-state index contributed by atoms with van der Waals surface area (Å²) in [6.07, 6.45) is 11.8. The van der Waals surface area contributed by atoms with Crippen molar-refractivity contribution in [3.8, 4) is 0 Å². The number of fused-ring (bicyclic) bond motifs is 2. The largest absolute Gasteiger partial charge is 0.434 e. The molecule has 1 aliphatic carbocycles. The van der Waals surface area contributed by atoms with E-state index in [0.29, 0.717) is 31.9 Å². The van der Waals surface area contributed by atoms with Gasteiger partial charge in [0.05, 0.1) is 24.3 Å². The van der Waals surface area contributed by atoms with Crippen LogP contribution in [0.4, 0.5) is 14.6 Å². The van der Waals surface area contributed by atoms with Crippen molar-refractivity contribution >= 4 is 17.3 Å². The summed E-state index contributed by atoms with van der Waals surface area (Å²) < 4.78 is 41.9. The fourth-order valence-electron chi connectivity index (χ4n) is 6.74. The van der Waals surface area contributed by atoms with Gasteiger partial charge in [0, 0.05) is 81.2 Å². The van der Waals surface area contributed by atoms with Crippen molar-refractivity contribution in [3.63, 3.8) is 0 Å². The summed E-state index contributed by atoms with van der Waals surface area (Å²) in [4.78, 5) is 16.5. The van der Waals surface area contributed by atoms with E-state index in [9.17, 15) is 13.6 Å². The molecule has 0 bridgehead atoms. The Morgan fingerprint density at radius 2 is 2.03 bits per heavy atom. The third-order valence-corrected chi connectivity index (χ3v) is 8.82. The van der Waals surface area contributed by atoms with Crippen LogP contribution in [-0.4, -0.2) is 68.8 Å². The first-order valence-electron chi connectivity index (χ1n) is 13.8. The van der Waals surface area contributed by atoms with Gasteiger partial charge in [-0.05, 0) is 38.7 Å². The first kappa shape index (κ1) is 26.0. The Morgan fingerprint density at radius 3 is 2.72 bits per heavy atom. The average Bonchev–Trinajstić information content (AvgIpc) is 3.51. The van der Waals surface area contributed by atoms with E-state index >= 15 is 0 Å². The van der Waals surface area contributed by atoms with Crippen LogP contribution in [-0.2, 0) is 34.3 Å². The molecule has 210 valence electrons. The van der Waals surface area contributed by atoms with Gasteiger partial charge in [-0.1, -0.05) is 6.08 Å². The fraction of sp³-hybridized carbons (Fsp3) is 0.607. The van der Waals surface area contributed by atoms with Gasteiger partial charge >= 0.3 is 6.61 Å². The molecule has 4 aliphatic rings. The van der Waals surface area contributed by atoms with Crippen LogP contribution in [0.15, 0.2) is 30.3 Å². The lowest BCUT2D eigenvalue weighted by Crippen LogP contribution is -2.55. The molecule has 39 heavy (non-hydrogen) atoms. The highest BCUT2D eigenvalue weighted by Crippen LogP contribution is 2.47. The van der Waals surface area contributed by atoms with Crippen LogP contribution in [0.5, 0.6) is 0 Å². The fourth-order valence-corrected chi connectivity index (χ4v) is 6.74. The van der Waals surface area contributed by atoms with Crippen molar-refractivity contribution in [1.29, 1.82) is 0 Å². The smallest absolute Gasteiger partial charge is 0.387 e. The molecule has 2 aromatic heterocycles. The number of hydrogen-bond acceptors (Lipinski definition) is 6. The van der Waals surface area contributed by atoms with Crippen LogP contribution in [0.3, 0.4) is 0 Å². The minimum absolute atomic E-state index is 0.0439. The Kier molecular flexibility index (Phi) is 6.73. The minimum atomic E-state index is -2.95. The van der Waals surface area contributed by atoms with Gasteiger partial charge in [0.25, 0.3) is 0 Å². The Hall–Kier alpha value is -3.21. The number of aryl methyl sites for hydroxylation is 1. The molecule has 2 saturated heterocycles. The zero-order valence-corrected chi connectivity index (χ0v) is 22.8. The van der Waals surface area contributed by atoms with Crippen molar-refractivity contribution in [2.45, 2.75) is 70.7 Å². The second-order valence-electron chi connectivity index (χ2n) is 11.2. The van der Waals surface area contributed by atoms with Crippen molar-refractivity contribution in [1.82, 2.24) is 24.5 Å². The van der Waals surface area contributed by atoms with E-state index in [0.717, 1.165) is 55.6 Å². The molecular formula is C28H36F2N6O3. The molecule has 0 spiro atoms. The predicted octanol–water partition coefficient (Wildman–Crippen LogP) is 4.07. The number of anilines is 1. The Bertz CT molecular complexity index is 1310. The van der Waals surface area contributed by atoms with E-state index in [2.05, 4.69) is 27.7 Å². The number of rotatable bonds is 5. The Balaban J connectivity index is 1.44. The van der Waals surface area contributed by atoms with E-state index in [1.165, 1.54) is 5.69 Å². The van der Waals surface area contributed by atoms with Gasteiger partial charge in [-0.15, -0.1) is 0 Å². The molecular weight excluding hydrogens is 506 g/mol. The molecule has 5 heterocycles. The number of carbonyl (C=O) groups is 1. The summed E-state index contributed by atoms with van der Waals surface area (Å²) in [6.45, 7) is 4.06. The van der Waals surface area contributed by atoms with E-state index < -0.39 is 12.2 Å². The second kappa shape index (κ2) is 10.1. The standard InChI is InChI=1S/C28H36F2N6O3/c1-18(37)34-10-6-24-23(17-34)26(32-36(24)21-7-11-38-12-8-21)35-9-4-5-20-13-22(19-15-31-33(3)16-19)25(39-27(29)30)14-28(20,35)2/h13-16,20-21,27H,4-12,17H2,1-3H3. The lowest BCUT2D eigenvalue weighted by atomic mass is 9.72. The molecule has 6 rings (SSSR count). The van der Waals surface area contributed by atoms with Gasteiger partial charge in [-0.2, -0.15) is 19.0 Å². The molecule has 2 fully saturated rings. The Morgan fingerprint density at radius 1 is 1.23 bits per heavy atom. The van der Waals surface area contributed by atoms with E-state index in [1.807, 2.05) is 17.2 Å².